The van der Waals surface area contributed by atoms with Crippen molar-refractivity contribution in [2.45, 2.75) is 13.3 Å². The van der Waals surface area contributed by atoms with Crippen LogP contribution in [-0.2, 0) is 6.42 Å². The van der Waals surface area contributed by atoms with Gasteiger partial charge in [-0.1, -0.05) is 0 Å². The summed E-state index contributed by atoms with van der Waals surface area (Å²) in [6.45, 7) is 2.86. The lowest BCUT2D eigenvalue weighted by molar-refractivity contribution is 0.990. The number of anilines is 1. The Balaban J connectivity index is 1.80. The Morgan fingerprint density at radius 1 is 1.33 bits per heavy atom. The molecule has 0 radical (unpaired) electrons. The van der Waals surface area contributed by atoms with Crippen LogP contribution in [0.25, 0.3) is 0 Å². The van der Waals surface area contributed by atoms with Gasteiger partial charge in [0.15, 0.2) is 5.95 Å². The van der Waals surface area contributed by atoms with Crippen molar-refractivity contribution in [3.8, 4) is 0 Å². The first-order chi connectivity index (χ1) is 7.34. The lowest BCUT2D eigenvalue weighted by Gasteiger charge is -2.02. The molecule has 2 aromatic heterocycles. The molecule has 2 heterocycles. The molecule has 0 bridgehead atoms. The molecular weight excluding hydrogens is 188 g/mol. The summed E-state index contributed by atoms with van der Waals surface area (Å²) in [5.41, 5.74) is 2.35. The molecule has 0 aromatic carbocycles. The van der Waals surface area contributed by atoms with Gasteiger partial charge >= 0.3 is 0 Å². The van der Waals surface area contributed by atoms with Gasteiger partial charge in [-0.25, -0.2) is 4.98 Å². The van der Waals surface area contributed by atoms with Gasteiger partial charge in [-0.3, -0.25) is 4.98 Å². The largest absolute Gasteiger partial charge is 0.355 e. The molecule has 0 saturated heterocycles. The van der Waals surface area contributed by atoms with Gasteiger partial charge in [0.2, 0.25) is 0 Å². The Morgan fingerprint density at radius 3 is 2.80 bits per heavy atom. The van der Waals surface area contributed by atoms with Crippen molar-refractivity contribution in [3.05, 3.63) is 42.0 Å². The second kappa shape index (κ2) is 4.59. The monoisotopic (exact) mass is 202 g/mol. The van der Waals surface area contributed by atoms with Crippen LogP contribution in [0.2, 0.25) is 0 Å². The molecule has 0 aliphatic rings. The topological polar surface area (TPSA) is 53.6 Å². The predicted molar refractivity (Wildman–Crippen MR) is 59.8 cm³/mol. The van der Waals surface area contributed by atoms with E-state index >= 15 is 0 Å². The molecule has 4 nitrogen and oxygen atoms in total. The van der Waals surface area contributed by atoms with Gasteiger partial charge in [0.25, 0.3) is 0 Å². The molecule has 0 spiro atoms. The van der Waals surface area contributed by atoms with Crippen LogP contribution in [0.5, 0.6) is 0 Å². The zero-order valence-electron chi connectivity index (χ0n) is 8.70. The first kappa shape index (κ1) is 9.71. The van der Waals surface area contributed by atoms with Gasteiger partial charge in [-0.05, 0) is 31.0 Å². The Bertz CT molecular complexity index is 408. The van der Waals surface area contributed by atoms with Gasteiger partial charge in [-0.2, -0.15) is 0 Å². The van der Waals surface area contributed by atoms with Crippen LogP contribution in [-0.4, -0.2) is 21.5 Å². The molecule has 0 aliphatic carbocycles. The fourth-order valence-electron chi connectivity index (χ4n) is 1.38. The van der Waals surface area contributed by atoms with E-state index in [9.17, 15) is 0 Å². The van der Waals surface area contributed by atoms with E-state index in [1.807, 2.05) is 37.6 Å². The smallest absolute Gasteiger partial charge is 0.200 e. The summed E-state index contributed by atoms with van der Waals surface area (Å²) in [5, 5.41) is 3.23. The molecule has 2 rings (SSSR count). The molecule has 0 aliphatic heterocycles. The number of pyridine rings is 1. The summed E-state index contributed by atoms with van der Waals surface area (Å²) in [6, 6.07) is 4.05. The highest BCUT2D eigenvalue weighted by Crippen LogP contribution is 2.02. The number of aromatic amines is 1. The Labute approximate surface area is 88.8 Å². The normalized spacial score (nSPS) is 10.2. The molecule has 0 amide bonds. The fraction of sp³-hybridized carbons (Fsp3) is 0.273. The van der Waals surface area contributed by atoms with Crippen molar-refractivity contribution >= 4 is 5.95 Å². The van der Waals surface area contributed by atoms with Crippen LogP contribution >= 0.6 is 0 Å². The second-order valence-corrected chi connectivity index (χ2v) is 3.45. The van der Waals surface area contributed by atoms with Crippen molar-refractivity contribution in [2.24, 2.45) is 0 Å². The summed E-state index contributed by atoms with van der Waals surface area (Å²) < 4.78 is 0. The van der Waals surface area contributed by atoms with E-state index in [0.29, 0.717) is 0 Å². The average Bonchev–Trinajstić information content (AvgIpc) is 2.66. The van der Waals surface area contributed by atoms with E-state index in [0.717, 1.165) is 24.6 Å². The average molecular weight is 202 g/mol. The summed E-state index contributed by atoms with van der Waals surface area (Å²) in [7, 11) is 0. The van der Waals surface area contributed by atoms with E-state index in [1.165, 1.54) is 5.56 Å². The van der Waals surface area contributed by atoms with E-state index in [-0.39, 0.29) is 0 Å². The number of nitrogens with zero attached hydrogens (tertiary/aromatic N) is 2. The lowest BCUT2D eigenvalue weighted by atomic mass is 10.2. The number of rotatable bonds is 4. The summed E-state index contributed by atoms with van der Waals surface area (Å²) in [6.07, 6.45) is 6.41. The molecule has 78 valence electrons. The van der Waals surface area contributed by atoms with Gasteiger partial charge < -0.3 is 10.3 Å². The van der Waals surface area contributed by atoms with Gasteiger partial charge in [0.1, 0.15) is 0 Å². The highest BCUT2D eigenvalue weighted by molar-refractivity contribution is 5.26. The van der Waals surface area contributed by atoms with Gasteiger partial charge in [0.05, 0.1) is 0 Å². The van der Waals surface area contributed by atoms with Crippen LogP contribution in [0.3, 0.4) is 0 Å². The van der Waals surface area contributed by atoms with Crippen LogP contribution < -0.4 is 5.32 Å². The van der Waals surface area contributed by atoms with Gasteiger partial charge in [-0.15, -0.1) is 0 Å². The SMILES string of the molecule is Cc1cnc(NCCc2ccncc2)[nH]1. The number of H-pyrrole nitrogens is 1. The lowest BCUT2D eigenvalue weighted by Crippen LogP contribution is -2.05. The Kier molecular flexibility index (Phi) is 2.97. The van der Waals surface area contributed by atoms with Crippen molar-refractivity contribution in [1.29, 1.82) is 0 Å². The van der Waals surface area contributed by atoms with Crippen molar-refractivity contribution in [1.82, 2.24) is 15.0 Å². The zero-order valence-corrected chi connectivity index (χ0v) is 8.70. The number of aromatic nitrogens is 3. The van der Waals surface area contributed by atoms with E-state index in [4.69, 9.17) is 0 Å². The summed E-state index contributed by atoms with van der Waals surface area (Å²) in [5.74, 6) is 0.835. The first-order valence-corrected chi connectivity index (χ1v) is 4.99. The van der Waals surface area contributed by atoms with Crippen LogP contribution in [0.15, 0.2) is 30.7 Å². The maximum absolute atomic E-state index is 4.17. The van der Waals surface area contributed by atoms with E-state index in [2.05, 4.69) is 20.3 Å². The van der Waals surface area contributed by atoms with Crippen LogP contribution in [0.4, 0.5) is 5.95 Å². The molecule has 0 atom stereocenters. The number of nitrogens with one attached hydrogen (secondary N) is 2. The van der Waals surface area contributed by atoms with Gasteiger partial charge in [0, 0.05) is 30.8 Å². The fourth-order valence-corrected chi connectivity index (χ4v) is 1.38. The number of hydrogen-bond acceptors (Lipinski definition) is 3. The third-order valence-electron chi connectivity index (χ3n) is 2.16. The third kappa shape index (κ3) is 2.80. The Morgan fingerprint density at radius 2 is 2.13 bits per heavy atom. The van der Waals surface area contributed by atoms with E-state index in [1.54, 1.807) is 0 Å². The minimum atomic E-state index is 0.835. The maximum Gasteiger partial charge on any atom is 0.200 e. The van der Waals surface area contributed by atoms with E-state index < -0.39 is 0 Å². The molecule has 2 N–H and O–H groups in total. The first-order valence-electron chi connectivity index (χ1n) is 4.99. The maximum atomic E-state index is 4.17. The number of aryl methyl sites for hydroxylation is 1. The predicted octanol–water partition coefficient (Wildman–Crippen LogP) is 1.77. The molecule has 0 fully saturated rings. The molecule has 0 saturated carbocycles. The minimum absolute atomic E-state index is 0.835. The van der Waals surface area contributed by atoms with Crippen LogP contribution in [0, 0.1) is 6.92 Å². The quantitative estimate of drug-likeness (QED) is 0.794. The minimum Gasteiger partial charge on any atom is -0.355 e. The highest BCUT2D eigenvalue weighted by atomic mass is 15.1. The summed E-state index contributed by atoms with van der Waals surface area (Å²) in [4.78, 5) is 11.3. The van der Waals surface area contributed by atoms with Crippen LogP contribution in [0.1, 0.15) is 11.3 Å². The highest BCUT2D eigenvalue weighted by Gasteiger charge is 1.96. The zero-order chi connectivity index (χ0) is 10.5. The molecular formula is C11H14N4. The number of hydrogen-bond donors (Lipinski definition) is 2. The second-order valence-electron chi connectivity index (χ2n) is 3.45. The molecule has 2 aromatic rings. The molecule has 4 heteroatoms. The Hall–Kier alpha value is -1.84. The molecule has 0 unspecified atom stereocenters. The van der Waals surface area contributed by atoms with Crippen molar-refractivity contribution < 1.29 is 0 Å². The number of imidazole rings is 1. The summed E-state index contributed by atoms with van der Waals surface area (Å²) >= 11 is 0. The third-order valence-corrected chi connectivity index (χ3v) is 2.16. The standard InChI is InChI=1S/C11H14N4/c1-9-8-14-11(15-9)13-7-4-10-2-5-12-6-3-10/h2-3,5-6,8H,4,7H2,1H3,(H2,13,14,15). The molecule has 15 heavy (non-hydrogen) atoms. The van der Waals surface area contributed by atoms with Crippen molar-refractivity contribution in [2.75, 3.05) is 11.9 Å². The van der Waals surface area contributed by atoms with Crippen molar-refractivity contribution in [3.63, 3.8) is 0 Å².